The van der Waals surface area contributed by atoms with E-state index in [2.05, 4.69) is 10.5 Å². The number of hydroxylamine groups is 1. The quantitative estimate of drug-likeness (QED) is 0.820. The third-order valence-corrected chi connectivity index (χ3v) is 3.09. The summed E-state index contributed by atoms with van der Waals surface area (Å²) in [7, 11) is 0. The Hall–Kier alpha value is -1.46. The maximum atomic E-state index is 12.3. The minimum Gasteiger partial charge on any atom is -0.273 e. The Morgan fingerprint density at radius 2 is 2.00 bits per heavy atom. The topological polar surface area (TPSA) is 71.1 Å². The minimum atomic E-state index is -1.21. The van der Waals surface area contributed by atoms with Gasteiger partial charge in [0.25, 0.3) is 0 Å². The Balaban J connectivity index is 2.65. The molecule has 1 aromatic rings. The predicted octanol–water partition coefficient (Wildman–Crippen LogP) is 2.69. The summed E-state index contributed by atoms with van der Waals surface area (Å²) < 4.78 is 0. The predicted molar refractivity (Wildman–Crippen MR) is 79.8 cm³/mol. The number of amides is 1. The molecule has 0 aliphatic carbocycles. The fourth-order valence-electron chi connectivity index (χ4n) is 1.84. The highest BCUT2D eigenvalue weighted by atomic mass is 16.7. The molecule has 0 bridgehead atoms. The van der Waals surface area contributed by atoms with Gasteiger partial charge in [0.15, 0.2) is 0 Å². The van der Waals surface area contributed by atoms with E-state index in [1.54, 1.807) is 26.2 Å². The summed E-state index contributed by atoms with van der Waals surface area (Å²) >= 11 is 0. The van der Waals surface area contributed by atoms with E-state index in [1.807, 2.05) is 32.9 Å². The molecule has 1 atom stereocenters. The van der Waals surface area contributed by atoms with E-state index < -0.39 is 11.2 Å². The lowest BCUT2D eigenvalue weighted by Gasteiger charge is -2.27. The second kappa shape index (κ2) is 7.00. The van der Waals surface area contributed by atoms with E-state index in [1.165, 1.54) is 0 Å². The van der Waals surface area contributed by atoms with Gasteiger partial charge < -0.3 is 0 Å². The molecule has 0 fully saturated rings. The van der Waals surface area contributed by atoms with E-state index in [0.29, 0.717) is 6.42 Å². The van der Waals surface area contributed by atoms with Crippen molar-refractivity contribution in [3.05, 3.63) is 30.1 Å². The van der Waals surface area contributed by atoms with Crippen LogP contribution in [0.3, 0.4) is 0 Å². The largest absolute Gasteiger partial charge is 0.273 e. The zero-order chi connectivity index (χ0) is 16.1. The molecule has 5 heteroatoms. The zero-order valence-corrected chi connectivity index (χ0v) is 13.5. The van der Waals surface area contributed by atoms with Crippen molar-refractivity contribution in [1.82, 2.24) is 10.5 Å². The minimum absolute atomic E-state index is 0.126. The number of rotatable bonds is 6. The van der Waals surface area contributed by atoms with Crippen molar-refractivity contribution in [1.29, 1.82) is 0 Å². The normalized spacial score (nSPS) is 13.8. The number of nitrogens with zero attached hydrogens (tertiary/aromatic N) is 1. The van der Waals surface area contributed by atoms with Crippen LogP contribution in [0.25, 0.3) is 0 Å². The van der Waals surface area contributed by atoms with Crippen molar-refractivity contribution in [3.8, 4) is 0 Å². The average Bonchev–Trinajstić information content (AvgIpc) is 2.35. The van der Waals surface area contributed by atoms with Crippen LogP contribution in [0.2, 0.25) is 0 Å². The van der Waals surface area contributed by atoms with Gasteiger partial charge in [-0.05, 0) is 52.7 Å². The van der Waals surface area contributed by atoms with Crippen molar-refractivity contribution < 1.29 is 14.7 Å². The van der Waals surface area contributed by atoms with Crippen molar-refractivity contribution in [2.75, 3.05) is 0 Å². The highest BCUT2D eigenvalue weighted by molar-refractivity contribution is 5.75. The lowest BCUT2D eigenvalue weighted by atomic mass is 9.83. The fraction of sp³-hybridized carbons (Fsp3) is 0.625. The van der Waals surface area contributed by atoms with E-state index in [0.717, 1.165) is 5.56 Å². The van der Waals surface area contributed by atoms with Crippen molar-refractivity contribution in [2.45, 2.75) is 58.7 Å². The molecule has 0 aromatic carbocycles. The molecular weight excluding hydrogens is 268 g/mol. The molecule has 1 radical (unpaired) electrons. The number of pyridine rings is 1. The molecule has 1 aromatic heterocycles. The molecule has 0 aliphatic rings. The van der Waals surface area contributed by atoms with Gasteiger partial charge in [0.05, 0.1) is 5.60 Å². The lowest BCUT2D eigenvalue weighted by Crippen LogP contribution is -2.39. The van der Waals surface area contributed by atoms with Crippen LogP contribution in [0.4, 0.5) is 0 Å². The van der Waals surface area contributed by atoms with Gasteiger partial charge in [-0.2, -0.15) is 0 Å². The van der Waals surface area contributed by atoms with Gasteiger partial charge in [-0.25, -0.2) is 10.6 Å². The summed E-state index contributed by atoms with van der Waals surface area (Å²) in [6.07, 6.45) is 4.06. The van der Waals surface area contributed by atoms with Crippen LogP contribution in [0.5, 0.6) is 0 Å². The van der Waals surface area contributed by atoms with Crippen molar-refractivity contribution >= 4 is 5.91 Å². The number of aromatic nitrogens is 1. The monoisotopic (exact) mass is 293 g/mol. The van der Waals surface area contributed by atoms with Crippen molar-refractivity contribution in [2.24, 2.45) is 5.92 Å². The third kappa shape index (κ3) is 7.20. The Labute approximate surface area is 126 Å². The lowest BCUT2D eigenvalue weighted by molar-refractivity contribution is -0.149. The first kappa shape index (κ1) is 17.6. The van der Waals surface area contributed by atoms with Crippen LogP contribution in [0.1, 0.15) is 46.6 Å². The maximum absolute atomic E-state index is 12.3. The first-order valence-corrected chi connectivity index (χ1v) is 7.14. The molecule has 21 heavy (non-hydrogen) atoms. The smallest absolute Gasteiger partial charge is 0.243 e. The highest BCUT2D eigenvalue weighted by Gasteiger charge is 2.31. The Bertz CT molecular complexity index is 447. The first-order valence-electron chi connectivity index (χ1n) is 7.14. The molecular formula is C16H25N2O3. The number of hydrogen-bond donors (Lipinski definition) is 1. The molecule has 0 aliphatic heterocycles. The third-order valence-electron chi connectivity index (χ3n) is 3.09. The number of nitrogens with one attached hydrogen (secondary N) is 1. The summed E-state index contributed by atoms with van der Waals surface area (Å²) in [5.74, 6) is -0.604. The van der Waals surface area contributed by atoms with E-state index in [9.17, 15) is 9.90 Å². The van der Waals surface area contributed by atoms with Gasteiger partial charge in [-0.15, -0.1) is 0 Å². The fourth-order valence-corrected chi connectivity index (χ4v) is 1.84. The van der Waals surface area contributed by atoms with E-state index >= 15 is 0 Å². The van der Waals surface area contributed by atoms with Crippen LogP contribution in [-0.4, -0.2) is 22.1 Å². The van der Waals surface area contributed by atoms with Crippen molar-refractivity contribution in [3.63, 3.8) is 0 Å². The molecule has 1 unspecified atom stereocenters. The molecule has 0 saturated carbocycles. The molecule has 1 N–H and O–H groups in total. The van der Waals surface area contributed by atoms with Crippen LogP contribution in [0, 0.1) is 5.92 Å². The van der Waals surface area contributed by atoms with E-state index in [4.69, 9.17) is 4.84 Å². The SMILES string of the molecule is CC(C)(C)ONC(=O)CC(Cc1cccnc1)C(C)(C)[O]. The summed E-state index contributed by atoms with van der Waals surface area (Å²) in [6, 6.07) is 3.74. The van der Waals surface area contributed by atoms with E-state index in [-0.39, 0.29) is 18.2 Å². The summed E-state index contributed by atoms with van der Waals surface area (Å²) in [4.78, 5) is 21.2. The molecule has 117 valence electrons. The van der Waals surface area contributed by atoms with Gasteiger partial charge in [-0.1, -0.05) is 6.07 Å². The Kier molecular flexibility index (Phi) is 5.87. The first-order chi connectivity index (χ1) is 9.58. The zero-order valence-electron chi connectivity index (χ0n) is 13.5. The number of carbonyl (C=O) groups excluding carboxylic acids is 1. The molecule has 1 rings (SSSR count). The molecule has 1 heterocycles. The number of carbonyl (C=O) groups is 1. The Morgan fingerprint density at radius 3 is 2.48 bits per heavy atom. The second-order valence-corrected chi connectivity index (χ2v) is 6.81. The standard InChI is InChI=1S/C16H25N2O3/c1-15(2,3)21-18-14(19)10-13(16(4,5)20)9-12-7-6-8-17-11-12/h6-8,11,13H,9-10H2,1-5H3,(H,18,19). The van der Waals surface area contributed by atoms with Gasteiger partial charge in [-0.3, -0.25) is 14.6 Å². The van der Waals surface area contributed by atoms with Gasteiger partial charge in [0, 0.05) is 24.7 Å². The second-order valence-electron chi connectivity index (χ2n) is 6.81. The average molecular weight is 293 g/mol. The summed E-state index contributed by atoms with van der Waals surface area (Å²) in [5.41, 5.74) is 1.70. The van der Waals surface area contributed by atoms with Gasteiger partial charge >= 0.3 is 0 Å². The number of hydrogen-bond acceptors (Lipinski definition) is 3. The maximum Gasteiger partial charge on any atom is 0.243 e. The van der Waals surface area contributed by atoms with Crippen LogP contribution in [-0.2, 0) is 21.2 Å². The van der Waals surface area contributed by atoms with Gasteiger partial charge in [0.1, 0.15) is 5.60 Å². The summed E-state index contributed by atoms with van der Waals surface area (Å²) in [5, 5.41) is 12.3. The van der Waals surface area contributed by atoms with Crippen LogP contribution in [0.15, 0.2) is 24.5 Å². The Morgan fingerprint density at radius 1 is 1.33 bits per heavy atom. The van der Waals surface area contributed by atoms with Gasteiger partial charge in [0.2, 0.25) is 5.91 Å². The highest BCUT2D eigenvalue weighted by Crippen LogP contribution is 2.25. The molecule has 5 nitrogen and oxygen atoms in total. The van der Waals surface area contributed by atoms with Crippen LogP contribution >= 0.6 is 0 Å². The molecule has 0 spiro atoms. The summed E-state index contributed by atoms with van der Waals surface area (Å²) in [6.45, 7) is 8.74. The molecule has 1 amide bonds. The van der Waals surface area contributed by atoms with Crippen LogP contribution < -0.4 is 5.48 Å². The molecule has 0 saturated heterocycles.